The summed E-state index contributed by atoms with van der Waals surface area (Å²) in [6.45, 7) is 10.00. The van der Waals surface area contributed by atoms with Crippen LogP contribution in [0.5, 0.6) is 0 Å². The van der Waals surface area contributed by atoms with Gasteiger partial charge in [-0.3, -0.25) is 0 Å². The number of rotatable bonds is 1. The Labute approximate surface area is 115 Å². The van der Waals surface area contributed by atoms with Gasteiger partial charge in [0.05, 0.1) is 16.8 Å². The van der Waals surface area contributed by atoms with Crippen molar-refractivity contribution in [2.45, 2.75) is 40.2 Å². The van der Waals surface area contributed by atoms with Crippen LogP contribution < -0.4 is 4.90 Å². The van der Waals surface area contributed by atoms with Gasteiger partial charge < -0.3 is 10.0 Å². The monoisotopic (exact) mass is 267 g/mol. The number of anilines is 1. The minimum absolute atomic E-state index is 0.00157. The van der Waals surface area contributed by atoms with Crippen LogP contribution in [0.2, 0.25) is 5.02 Å². The SMILES string of the molecule is Cc1cc(C)c(N2CCC(C)(C)C(O)C2)c(Cl)c1. The van der Waals surface area contributed by atoms with E-state index in [2.05, 4.69) is 38.7 Å². The number of hydrogen-bond acceptors (Lipinski definition) is 2. The minimum atomic E-state index is -0.303. The van der Waals surface area contributed by atoms with Crippen molar-refractivity contribution in [1.82, 2.24) is 0 Å². The Balaban J connectivity index is 2.29. The molecule has 3 heteroatoms. The van der Waals surface area contributed by atoms with Crippen LogP contribution in [0.1, 0.15) is 31.4 Å². The molecule has 100 valence electrons. The fraction of sp³-hybridized carbons (Fsp3) is 0.600. The van der Waals surface area contributed by atoms with E-state index < -0.39 is 0 Å². The van der Waals surface area contributed by atoms with E-state index in [1.165, 1.54) is 11.1 Å². The van der Waals surface area contributed by atoms with Crippen LogP contribution >= 0.6 is 11.6 Å². The summed E-state index contributed by atoms with van der Waals surface area (Å²) in [5.74, 6) is 0. The van der Waals surface area contributed by atoms with Crippen LogP contribution in [0.25, 0.3) is 0 Å². The third-order valence-corrected chi connectivity index (χ3v) is 4.32. The first-order valence-electron chi connectivity index (χ1n) is 6.51. The standard InChI is InChI=1S/C15H22ClNO/c1-10-7-11(2)14(12(16)8-10)17-6-5-15(3,4)13(18)9-17/h7-8,13,18H,5-6,9H2,1-4H3. The summed E-state index contributed by atoms with van der Waals surface area (Å²) in [5.41, 5.74) is 3.45. The first-order chi connectivity index (χ1) is 8.31. The highest BCUT2D eigenvalue weighted by molar-refractivity contribution is 6.33. The summed E-state index contributed by atoms with van der Waals surface area (Å²) in [7, 11) is 0. The van der Waals surface area contributed by atoms with Crippen molar-refractivity contribution in [3.05, 3.63) is 28.3 Å². The number of piperidine rings is 1. The largest absolute Gasteiger partial charge is 0.391 e. The number of benzene rings is 1. The fourth-order valence-electron chi connectivity index (χ4n) is 2.65. The first kappa shape index (κ1) is 13.7. The maximum absolute atomic E-state index is 10.2. The van der Waals surface area contributed by atoms with Crippen molar-refractivity contribution in [3.8, 4) is 0 Å². The van der Waals surface area contributed by atoms with Gasteiger partial charge in [0, 0.05) is 13.1 Å². The third kappa shape index (κ3) is 2.50. The molecule has 1 fully saturated rings. The molecule has 2 nitrogen and oxygen atoms in total. The maximum atomic E-state index is 10.2. The summed E-state index contributed by atoms with van der Waals surface area (Å²) >= 11 is 6.36. The molecule has 0 aromatic heterocycles. The summed E-state index contributed by atoms with van der Waals surface area (Å²) < 4.78 is 0. The predicted molar refractivity (Wildman–Crippen MR) is 77.5 cm³/mol. The molecule has 1 aliphatic heterocycles. The van der Waals surface area contributed by atoms with E-state index in [0.717, 1.165) is 23.7 Å². The quantitative estimate of drug-likeness (QED) is 0.841. The highest BCUT2D eigenvalue weighted by Gasteiger charge is 2.35. The fourth-order valence-corrected chi connectivity index (χ4v) is 3.09. The van der Waals surface area contributed by atoms with Gasteiger partial charge in [0.1, 0.15) is 0 Å². The smallest absolute Gasteiger partial charge is 0.0766 e. The molecule has 1 heterocycles. The molecule has 0 saturated carbocycles. The summed E-state index contributed by atoms with van der Waals surface area (Å²) in [6.07, 6.45) is 0.681. The van der Waals surface area contributed by atoms with E-state index in [1.807, 2.05) is 6.07 Å². The van der Waals surface area contributed by atoms with Crippen LogP contribution in [-0.2, 0) is 0 Å². The average molecular weight is 268 g/mol. The Morgan fingerprint density at radius 2 is 2.00 bits per heavy atom. The number of hydrogen-bond donors (Lipinski definition) is 1. The number of halogens is 1. The number of aliphatic hydroxyl groups excluding tert-OH is 1. The molecule has 1 aromatic carbocycles. The lowest BCUT2D eigenvalue weighted by molar-refractivity contribution is 0.0351. The van der Waals surface area contributed by atoms with Crippen molar-refractivity contribution >= 4 is 17.3 Å². The van der Waals surface area contributed by atoms with E-state index in [1.54, 1.807) is 0 Å². The van der Waals surface area contributed by atoms with Crippen LogP contribution in [0, 0.1) is 19.3 Å². The maximum Gasteiger partial charge on any atom is 0.0766 e. The molecule has 0 bridgehead atoms. The molecular weight excluding hydrogens is 246 g/mol. The van der Waals surface area contributed by atoms with E-state index in [-0.39, 0.29) is 11.5 Å². The zero-order chi connectivity index (χ0) is 13.5. The molecule has 1 aromatic rings. The molecule has 0 aliphatic carbocycles. The second-order valence-corrected chi connectivity index (χ2v) is 6.52. The van der Waals surface area contributed by atoms with E-state index in [0.29, 0.717) is 6.54 Å². The molecule has 1 atom stereocenters. The Morgan fingerprint density at radius 1 is 1.33 bits per heavy atom. The van der Waals surface area contributed by atoms with E-state index in [9.17, 15) is 5.11 Å². The molecule has 2 rings (SSSR count). The molecule has 0 amide bonds. The van der Waals surface area contributed by atoms with Gasteiger partial charge in [-0.1, -0.05) is 31.5 Å². The Morgan fingerprint density at radius 3 is 2.56 bits per heavy atom. The van der Waals surface area contributed by atoms with Crippen molar-refractivity contribution < 1.29 is 5.11 Å². The lowest BCUT2D eigenvalue weighted by atomic mass is 9.80. The number of nitrogens with zero attached hydrogens (tertiary/aromatic N) is 1. The minimum Gasteiger partial charge on any atom is -0.391 e. The zero-order valence-electron chi connectivity index (χ0n) is 11.6. The molecule has 18 heavy (non-hydrogen) atoms. The van der Waals surface area contributed by atoms with Gasteiger partial charge >= 0.3 is 0 Å². The molecule has 1 N–H and O–H groups in total. The third-order valence-electron chi connectivity index (χ3n) is 4.04. The van der Waals surface area contributed by atoms with Crippen molar-refractivity contribution in [2.24, 2.45) is 5.41 Å². The van der Waals surface area contributed by atoms with Gasteiger partial charge in [-0.2, -0.15) is 0 Å². The lowest BCUT2D eigenvalue weighted by Crippen LogP contribution is -2.48. The van der Waals surface area contributed by atoms with Crippen LogP contribution in [0.3, 0.4) is 0 Å². The van der Waals surface area contributed by atoms with Gasteiger partial charge in [0.15, 0.2) is 0 Å². The molecular formula is C15H22ClNO. The average Bonchev–Trinajstić information content (AvgIpc) is 2.22. The number of aliphatic hydroxyl groups is 1. The summed E-state index contributed by atoms with van der Waals surface area (Å²) in [5, 5.41) is 11.0. The second kappa shape index (κ2) is 4.75. The molecule has 0 radical (unpaired) electrons. The molecule has 0 spiro atoms. The van der Waals surface area contributed by atoms with Gasteiger partial charge in [-0.25, -0.2) is 0 Å². The second-order valence-electron chi connectivity index (χ2n) is 6.11. The molecule has 1 saturated heterocycles. The Kier molecular flexibility index (Phi) is 3.61. The Hall–Kier alpha value is -0.730. The summed E-state index contributed by atoms with van der Waals surface area (Å²) in [4.78, 5) is 2.22. The summed E-state index contributed by atoms with van der Waals surface area (Å²) in [6, 6.07) is 4.14. The molecule has 1 unspecified atom stereocenters. The number of β-amino-alcohol motifs (C(OH)–C–C–N with tert-alkyl or cyclic N) is 1. The normalized spacial score (nSPS) is 23.2. The topological polar surface area (TPSA) is 23.5 Å². The van der Waals surface area contributed by atoms with Gasteiger partial charge in [0.25, 0.3) is 0 Å². The van der Waals surface area contributed by atoms with Gasteiger partial charge in [-0.15, -0.1) is 0 Å². The van der Waals surface area contributed by atoms with Crippen LogP contribution in [0.15, 0.2) is 12.1 Å². The predicted octanol–water partition coefficient (Wildman–Crippen LogP) is 3.55. The van der Waals surface area contributed by atoms with Crippen LogP contribution in [-0.4, -0.2) is 24.3 Å². The van der Waals surface area contributed by atoms with Crippen molar-refractivity contribution in [2.75, 3.05) is 18.0 Å². The van der Waals surface area contributed by atoms with Crippen LogP contribution in [0.4, 0.5) is 5.69 Å². The van der Waals surface area contributed by atoms with E-state index >= 15 is 0 Å². The van der Waals surface area contributed by atoms with Gasteiger partial charge in [-0.05, 0) is 42.9 Å². The highest BCUT2D eigenvalue weighted by Crippen LogP contribution is 2.37. The highest BCUT2D eigenvalue weighted by atomic mass is 35.5. The van der Waals surface area contributed by atoms with Crippen molar-refractivity contribution in [1.29, 1.82) is 0 Å². The van der Waals surface area contributed by atoms with Gasteiger partial charge in [0.2, 0.25) is 0 Å². The number of aryl methyl sites for hydroxylation is 2. The lowest BCUT2D eigenvalue weighted by Gasteiger charge is -2.43. The van der Waals surface area contributed by atoms with E-state index in [4.69, 9.17) is 11.6 Å². The van der Waals surface area contributed by atoms with Crippen molar-refractivity contribution in [3.63, 3.8) is 0 Å². The first-order valence-corrected chi connectivity index (χ1v) is 6.89. The zero-order valence-corrected chi connectivity index (χ0v) is 12.4. The Bertz CT molecular complexity index is 433. The molecule has 1 aliphatic rings.